The minimum absolute atomic E-state index is 1.30. The molecule has 0 aliphatic rings. The van der Waals surface area contributed by atoms with Gasteiger partial charge in [0.25, 0.3) is 0 Å². The van der Waals surface area contributed by atoms with E-state index in [-0.39, 0.29) is 0 Å². The number of H-pyrrole nitrogens is 1. The highest BCUT2D eigenvalue weighted by Crippen LogP contribution is 2.52. The largest absolute Gasteiger partial charge is 0.351 e. The van der Waals surface area contributed by atoms with E-state index in [4.69, 9.17) is 0 Å². The van der Waals surface area contributed by atoms with E-state index in [0.29, 0.717) is 0 Å². The van der Waals surface area contributed by atoms with Crippen LogP contribution in [0.2, 0.25) is 0 Å². The van der Waals surface area contributed by atoms with Crippen molar-refractivity contribution in [2.75, 3.05) is 0 Å². The summed E-state index contributed by atoms with van der Waals surface area (Å²) < 4.78 is 13.7. The van der Waals surface area contributed by atoms with Gasteiger partial charge in [-0.1, -0.05) is 36.4 Å². The Morgan fingerprint density at radius 3 is 1.97 bits per heavy atom. The third-order valence-electron chi connectivity index (χ3n) is 6.00. The quantitative estimate of drug-likeness (QED) is 0.241. The minimum atomic E-state index is 1.30. The van der Waals surface area contributed by atoms with Crippen molar-refractivity contribution in [3.63, 3.8) is 0 Å². The standard InChI is InChI=1S/C23H12N2S4/c1-25-16-11-7-3-5-9-13(11)27-21(16)23-17(25)22-20(29-23)15-19(28-22)18-14(24-15)10-6-2-4-8-12(10)26-18/h2-9,24H,1H3. The fourth-order valence-electron chi connectivity index (χ4n) is 4.74. The normalized spacial score (nSPS) is 13.0. The van der Waals surface area contributed by atoms with E-state index in [0.717, 1.165) is 0 Å². The second-order valence-corrected chi connectivity index (χ2v) is 11.7. The summed E-state index contributed by atoms with van der Waals surface area (Å²) in [5.74, 6) is 0. The first-order valence-corrected chi connectivity index (χ1v) is 12.7. The number of nitrogens with zero attached hydrogens (tertiary/aromatic N) is 1. The van der Waals surface area contributed by atoms with Crippen LogP contribution in [0.25, 0.3) is 70.4 Å². The maximum atomic E-state index is 3.79. The Morgan fingerprint density at radius 1 is 0.586 bits per heavy atom. The van der Waals surface area contributed by atoms with Crippen molar-refractivity contribution >= 4 is 116 Å². The lowest BCUT2D eigenvalue weighted by Crippen LogP contribution is -1.84. The smallest absolute Gasteiger partial charge is 0.0789 e. The topological polar surface area (TPSA) is 20.7 Å². The van der Waals surface area contributed by atoms with Gasteiger partial charge in [0, 0.05) is 27.2 Å². The van der Waals surface area contributed by atoms with Gasteiger partial charge >= 0.3 is 0 Å². The van der Waals surface area contributed by atoms with Gasteiger partial charge in [-0.2, -0.15) is 0 Å². The SMILES string of the molecule is Cn1c2c3ccccc3sc2c2sc3c4[nH]c5c6ccccc6sc5c4sc3c21. The lowest BCUT2D eigenvalue weighted by atomic mass is 10.2. The van der Waals surface area contributed by atoms with Crippen molar-refractivity contribution in [1.82, 2.24) is 9.55 Å². The Balaban J connectivity index is 1.58. The molecule has 0 unspecified atom stereocenters. The number of aromatic nitrogens is 2. The Bertz CT molecular complexity index is 1930. The van der Waals surface area contributed by atoms with E-state index in [1.807, 2.05) is 45.3 Å². The molecular formula is C23H12N2S4. The molecule has 6 heteroatoms. The molecule has 0 bridgehead atoms. The average Bonchev–Trinajstić information content (AvgIpc) is 3.51. The van der Waals surface area contributed by atoms with Crippen LogP contribution in [-0.2, 0) is 7.05 Å². The first-order valence-electron chi connectivity index (χ1n) is 9.43. The third-order valence-corrected chi connectivity index (χ3v) is 11.2. The van der Waals surface area contributed by atoms with E-state index in [1.165, 1.54) is 70.4 Å². The zero-order chi connectivity index (χ0) is 18.9. The molecule has 6 heterocycles. The van der Waals surface area contributed by atoms with Gasteiger partial charge in [-0.05, 0) is 12.1 Å². The fraction of sp³-hybridized carbons (Fsp3) is 0.0435. The third kappa shape index (κ3) is 1.70. The van der Waals surface area contributed by atoms with Gasteiger partial charge in [-0.25, -0.2) is 0 Å². The van der Waals surface area contributed by atoms with E-state index in [9.17, 15) is 0 Å². The summed E-state index contributed by atoms with van der Waals surface area (Å²) in [6, 6.07) is 17.5. The van der Waals surface area contributed by atoms with Crippen molar-refractivity contribution in [3.05, 3.63) is 48.5 Å². The minimum Gasteiger partial charge on any atom is -0.351 e. The molecule has 29 heavy (non-hydrogen) atoms. The molecule has 138 valence electrons. The van der Waals surface area contributed by atoms with Crippen molar-refractivity contribution < 1.29 is 0 Å². The van der Waals surface area contributed by atoms with Crippen LogP contribution in [0.3, 0.4) is 0 Å². The second-order valence-electron chi connectivity index (χ2n) is 7.51. The summed E-state index contributed by atoms with van der Waals surface area (Å²) in [6.45, 7) is 0. The second kappa shape index (κ2) is 5.02. The number of thiophene rings is 4. The molecule has 0 saturated carbocycles. The highest BCUT2D eigenvalue weighted by atomic mass is 32.1. The molecular weight excluding hydrogens is 433 g/mol. The molecule has 0 amide bonds. The molecule has 6 aromatic heterocycles. The van der Waals surface area contributed by atoms with Crippen LogP contribution < -0.4 is 0 Å². The number of rotatable bonds is 0. The number of hydrogen-bond donors (Lipinski definition) is 1. The van der Waals surface area contributed by atoms with Gasteiger partial charge < -0.3 is 9.55 Å². The van der Waals surface area contributed by atoms with Gasteiger partial charge in [-0.3, -0.25) is 0 Å². The highest BCUT2D eigenvalue weighted by molar-refractivity contribution is 7.41. The monoisotopic (exact) mass is 444 g/mol. The molecule has 0 aliphatic carbocycles. The number of aromatic amines is 1. The molecule has 2 aromatic carbocycles. The molecule has 0 spiro atoms. The van der Waals surface area contributed by atoms with Crippen molar-refractivity contribution in [2.45, 2.75) is 0 Å². The molecule has 8 rings (SSSR count). The maximum absolute atomic E-state index is 3.79. The zero-order valence-electron chi connectivity index (χ0n) is 15.2. The van der Waals surface area contributed by atoms with Crippen LogP contribution in [0.4, 0.5) is 0 Å². The summed E-state index contributed by atoms with van der Waals surface area (Å²) in [5.41, 5.74) is 5.42. The van der Waals surface area contributed by atoms with Gasteiger partial charge in [0.15, 0.2) is 0 Å². The predicted octanol–water partition coefficient (Wildman–Crippen LogP) is 8.67. The Morgan fingerprint density at radius 2 is 1.14 bits per heavy atom. The number of nitrogens with one attached hydrogen (secondary N) is 1. The molecule has 0 aliphatic heterocycles. The van der Waals surface area contributed by atoms with Gasteiger partial charge in [0.2, 0.25) is 0 Å². The lowest BCUT2D eigenvalue weighted by Gasteiger charge is -1.96. The van der Waals surface area contributed by atoms with Crippen molar-refractivity contribution in [3.8, 4) is 0 Å². The molecule has 8 aromatic rings. The molecule has 0 saturated heterocycles. The van der Waals surface area contributed by atoms with Crippen LogP contribution in [0.1, 0.15) is 0 Å². The van der Waals surface area contributed by atoms with Crippen LogP contribution in [0.5, 0.6) is 0 Å². The van der Waals surface area contributed by atoms with E-state index in [2.05, 4.69) is 65.1 Å². The Kier molecular flexibility index (Phi) is 2.68. The Labute approximate surface area is 180 Å². The summed E-state index contributed by atoms with van der Waals surface area (Å²) in [5, 5.41) is 2.72. The van der Waals surface area contributed by atoms with E-state index >= 15 is 0 Å². The first-order chi connectivity index (χ1) is 14.3. The number of aryl methyl sites for hydroxylation is 1. The molecule has 1 N–H and O–H groups in total. The van der Waals surface area contributed by atoms with Crippen LogP contribution >= 0.6 is 45.3 Å². The zero-order valence-corrected chi connectivity index (χ0v) is 18.5. The van der Waals surface area contributed by atoms with Gasteiger partial charge in [0.1, 0.15) is 0 Å². The van der Waals surface area contributed by atoms with E-state index < -0.39 is 0 Å². The highest BCUT2D eigenvalue weighted by Gasteiger charge is 2.23. The maximum Gasteiger partial charge on any atom is 0.0789 e. The van der Waals surface area contributed by atoms with Gasteiger partial charge in [-0.15, -0.1) is 45.3 Å². The average molecular weight is 445 g/mol. The van der Waals surface area contributed by atoms with Crippen LogP contribution in [-0.4, -0.2) is 9.55 Å². The molecule has 0 radical (unpaired) electrons. The number of hydrogen-bond acceptors (Lipinski definition) is 4. The summed E-state index contributed by atoms with van der Waals surface area (Å²) in [6.07, 6.45) is 0. The van der Waals surface area contributed by atoms with Crippen molar-refractivity contribution in [2.24, 2.45) is 7.05 Å². The molecule has 0 atom stereocenters. The summed E-state index contributed by atoms with van der Waals surface area (Å²) >= 11 is 7.77. The number of benzene rings is 2. The van der Waals surface area contributed by atoms with Crippen molar-refractivity contribution in [1.29, 1.82) is 0 Å². The fourth-order valence-corrected chi connectivity index (χ4v) is 10.3. The van der Waals surface area contributed by atoms with Crippen LogP contribution in [0.15, 0.2) is 48.5 Å². The summed E-state index contributed by atoms with van der Waals surface area (Å²) in [4.78, 5) is 3.79. The van der Waals surface area contributed by atoms with Gasteiger partial charge in [0.05, 0.1) is 50.3 Å². The Hall–Kier alpha value is -2.38. The molecule has 0 fully saturated rings. The van der Waals surface area contributed by atoms with E-state index in [1.54, 1.807) is 0 Å². The number of fused-ring (bicyclic) bond motifs is 13. The predicted molar refractivity (Wildman–Crippen MR) is 134 cm³/mol. The first kappa shape index (κ1) is 15.5. The van der Waals surface area contributed by atoms with Crippen LogP contribution in [0, 0.1) is 0 Å². The molecule has 2 nitrogen and oxygen atoms in total. The lowest BCUT2D eigenvalue weighted by molar-refractivity contribution is 1.03. The summed E-state index contributed by atoms with van der Waals surface area (Å²) in [7, 11) is 2.24.